The first-order valence-corrected chi connectivity index (χ1v) is 4.63. The van der Waals surface area contributed by atoms with Crippen molar-refractivity contribution in [1.82, 2.24) is 10.2 Å². The quantitative estimate of drug-likeness (QED) is 0.696. The predicted molar refractivity (Wildman–Crippen MR) is 66.4 cm³/mol. The van der Waals surface area contributed by atoms with E-state index >= 15 is 0 Å². The molecule has 0 amide bonds. The molecule has 1 aliphatic rings. The van der Waals surface area contributed by atoms with Gasteiger partial charge in [-0.3, -0.25) is 4.90 Å². The molecule has 0 aliphatic carbocycles. The Morgan fingerprint density at radius 1 is 1.36 bits per heavy atom. The summed E-state index contributed by atoms with van der Waals surface area (Å²) in [6, 6.07) is 0. The van der Waals surface area contributed by atoms with E-state index < -0.39 is 0 Å². The van der Waals surface area contributed by atoms with Crippen LogP contribution in [-0.2, 0) is 0 Å². The molecule has 0 bridgehead atoms. The highest BCUT2D eigenvalue weighted by Crippen LogP contribution is 2.07. The van der Waals surface area contributed by atoms with Crippen molar-refractivity contribution in [3.63, 3.8) is 0 Å². The first-order chi connectivity index (χ1) is 5.79. The summed E-state index contributed by atoms with van der Waals surface area (Å²) in [5, 5.41) is 3.36. The molecule has 1 heterocycles. The Morgan fingerprint density at radius 3 is 2.57 bits per heavy atom. The summed E-state index contributed by atoms with van der Waals surface area (Å²) in [4.78, 5) is 2.10. The molecule has 0 spiro atoms. The molecule has 0 radical (unpaired) electrons. The largest absolute Gasteiger partial charge is 0.316 e. The summed E-state index contributed by atoms with van der Waals surface area (Å²) in [5.41, 5.74) is 0. The molecule has 1 unspecified atom stereocenters. The lowest BCUT2D eigenvalue weighted by molar-refractivity contribution is 0.445. The molecule has 1 N–H and O–H groups in total. The van der Waals surface area contributed by atoms with E-state index in [4.69, 9.17) is 0 Å². The second-order valence-corrected chi connectivity index (χ2v) is 3.60. The summed E-state index contributed by atoms with van der Waals surface area (Å²) in [6.45, 7) is 3.14. The lowest BCUT2D eigenvalue weighted by atomic mass is 10.0. The van der Waals surface area contributed by atoms with E-state index in [1.807, 2.05) is 14.1 Å². The first-order valence-electron chi connectivity index (χ1n) is 4.63. The second-order valence-electron chi connectivity index (χ2n) is 3.60. The van der Waals surface area contributed by atoms with E-state index in [0.717, 1.165) is 13.1 Å². The zero-order chi connectivity index (χ0) is 8.81. The van der Waals surface area contributed by atoms with Crippen molar-refractivity contribution in [3.05, 3.63) is 0 Å². The van der Waals surface area contributed by atoms with Crippen molar-refractivity contribution < 1.29 is 0 Å². The number of nitrogens with zero attached hydrogens (tertiary/aromatic N) is 1. The molecule has 0 aromatic rings. The smallest absolute Gasteiger partial charge is 0.0596 e. The molecule has 1 rings (SSSR count). The summed E-state index contributed by atoms with van der Waals surface area (Å²) < 4.78 is 0. The van der Waals surface area contributed by atoms with Crippen LogP contribution in [0.3, 0.4) is 0 Å². The van der Waals surface area contributed by atoms with Gasteiger partial charge in [0.2, 0.25) is 0 Å². The Morgan fingerprint density at radius 2 is 2.07 bits per heavy atom. The number of piperidine rings is 1. The van der Waals surface area contributed by atoms with Gasteiger partial charge in [-0.2, -0.15) is 0 Å². The van der Waals surface area contributed by atoms with Crippen LogP contribution in [0.1, 0.15) is 12.8 Å². The van der Waals surface area contributed by atoms with E-state index in [1.54, 1.807) is 0 Å². The third-order valence-corrected chi connectivity index (χ3v) is 2.00. The predicted octanol–water partition coefficient (Wildman–Crippen LogP) is 1.39. The van der Waals surface area contributed by atoms with Gasteiger partial charge in [-0.05, 0) is 33.5 Å². The fraction of sp³-hybridized carbons (Fsp3) is 0.800. The van der Waals surface area contributed by atoms with Crippen LogP contribution in [0.15, 0.2) is 0 Å². The molecule has 0 aromatic heterocycles. The molecule has 2 nitrogen and oxygen atoms in total. The minimum absolute atomic E-state index is 0. The van der Waals surface area contributed by atoms with Crippen LogP contribution < -0.4 is 5.32 Å². The Kier molecular flexibility index (Phi) is 11.3. The van der Waals surface area contributed by atoms with Crippen molar-refractivity contribution in [2.45, 2.75) is 12.8 Å². The zero-order valence-electron chi connectivity index (χ0n) is 8.88. The van der Waals surface area contributed by atoms with Gasteiger partial charge in [0.25, 0.3) is 0 Å². The van der Waals surface area contributed by atoms with Crippen LogP contribution in [0.25, 0.3) is 0 Å². The number of hydrogen-bond donors (Lipinski definition) is 1. The summed E-state index contributed by atoms with van der Waals surface area (Å²) in [5.74, 6) is 7.09. The van der Waals surface area contributed by atoms with E-state index in [0.29, 0.717) is 5.92 Å². The van der Waals surface area contributed by atoms with Crippen LogP contribution >= 0.6 is 24.8 Å². The molecule has 1 aliphatic heterocycles. The summed E-state index contributed by atoms with van der Waals surface area (Å²) in [7, 11) is 4.10. The molecule has 0 aromatic carbocycles. The molecule has 1 fully saturated rings. The maximum Gasteiger partial charge on any atom is 0.0596 e. The van der Waals surface area contributed by atoms with Gasteiger partial charge < -0.3 is 5.32 Å². The van der Waals surface area contributed by atoms with Crippen molar-refractivity contribution in [1.29, 1.82) is 0 Å². The van der Waals surface area contributed by atoms with Crippen LogP contribution in [0.4, 0.5) is 0 Å². The van der Waals surface area contributed by atoms with E-state index in [2.05, 4.69) is 22.1 Å². The van der Waals surface area contributed by atoms with Crippen LogP contribution in [0, 0.1) is 17.8 Å². The zero-order valence-corrected chi connectivity index (χ0v) is 10.5. The standard InChI is InChI=1S/C10H18N2.2ClH/c1-12(2)8-4-6-10-5-3-7-11-9-10;;/h10-11H,3,5,7-9H2,1-2H3;2*1H. The number of halogens is 2. The molecular weight excluding hydrogens is 219 g/mol. The SMILES string of the molecule is CN(C)CC#CC1CCCNC1.Cl.Cl. The van der Waals surface area contributed by atoms with Crippen LogP contribution in [-0.4, -0.2) is 38.6 Å². The molecular formula is C10H20Cl2N2. The van der Waals surface area contributed by atoms with Crippen molar-refractivity contribution in [2.75, 3.05) is 33.7 Å². The maximum absolute atomic E-state index is 3.36. The molecule has 4 heteroatoms. The van der Waals surface area contributed by atoms with Gasteiger partial charge in [-0.25, -0.2) is 0 Å². The molecule has 1 saturated heterocycles. The van der Waals surface area contributed by atoms with Gasteiger partial charge in [-0.1, -0.05) is 11.8 Å². The maximum atomic E-state index is 3.36. The van der Waals surface area contributed by atoms with Crippen molar-refractivity contribution >= 4 is 24.8 Å². The van der Waals surface area contributed by atoms with Crippen molar-refractivity contribution in [2.24, 2.45) is 5.92 Å². The minimum atomic E-state index is 0. The Hall–Kier alpha value is 0.0600. The van der Waals surface area contributed by atoms with Gasteiger partial charge in [0.05, 0.1) is 6.54 Å². The van der Waals surface area contributed by atoms with Gasteiger partial charge in [-0.15, -0.1) is 24.8 Å². The lowest BCUT2D eigenvalue weighted by Crippen LogP contribution is -2.28. The van der Waals surface area contributed by atoms with Crippen LogP contribution in [0.5, 0.6) is 0 Å². The molecule has 14 heavy (non-hydrogen) atoms. The number of hydrogen-bond acceptors (Lipinski definition) is 2. The van der Waals surface area contributed by atoms with E-state index in [9.17, 15) is 0 Å². The molecule has 0 saturated carbocycles. The summed E-state index contributed by atoms with van der Waals surface area (Å²) in [6.07, 6.45) is 2.55. The minimum Gasteiger partial charge on any atom is -0.316 e. The normalized spacial score (nSPS) is 20.1. The Labute approximate surface area is 99.6 Å². The fourth-order valence-electron chi connectivity index (χ4n) is 1.32. The van der Waals surface area contributed by atoms with Crippen LogP contribution in [0.2, 0.25) is 0 Å². The van der Waals surface area contributed by atoms with Crippen molar-refractivity contribution in [3.8, 4) is 11.8 Å². The highest BCUT2D eigenvalue weighted by Gasteiger charge is 2.08. The topological polar surface area (TPSA) is 15.3 Å². The third-order valence-electron chi connectivity index (χ3n) is 2.00. The van der Waals surface area contributed by atoms with E-state index in [1.165, 1.54) is 19.4 Å². The van der Waals surface area contributed by atoms with Gasteiger partial charge in [0, 0.05) is 12.5 Å². The van der Waals surface area contributed by atoms with Gasteiger partial charge in [0.1, 0.15) is 0 Å². The molecule has 84 valence electrons. The lowest BCUT2D eigenvalue weighted by Gasteiger charge is -2.17. The number of rotatable bonds is 1. The van der Waals surface area contributed by atoms with Gasteiger partial charge in [0.15, 0.2) is 0 Å². The van der Waals surface area contributed by atoms with Gasteiger partial charge >= 0.3 is 0 Å². The second kappa shape index (κ2) is 9.61. The Bertz CT molecular complexity index is 178. The molecule has 1 atom stereocenters. The number of nitrogens with one attached hydrogen (secondary N) is 1. The fourth-order valence-corrected chi connectivity index (χ4v) is 1.32. The Balaban J connectivity index is 0. The van der Waals surface area contributed by atoms with E-state index in [-0.39, 0.29) is 24.8 Å². The summed E-state index contributed by atoms with van der Waals surface area (Å²) >= 11 is 0. The third kappa shape index (κ3) is 7.46. The first kappa shape index (κ1) is 16.5. The average molecular weight is 239 g/mol. The average Bonchev–Trinajstić information content (AvgIpc) is 2.05. The highest BCUT2D eigenvalue weighted by atomic mass is 35.5. The monoisotopic (exact) mass is 238 g/mol. The highest BCUT2D eigenvalue weighted by molar-refractivity contribution is 5.85.